The molecule has 1 N–H and O–H groups in total. The SMILES string of the molecule is Cc1cc2oc(=O)cc(COC(=O)C(CC(C)C)NS(=O)(=O)c3cccc(C(F)(F)F)c3)c2cc1C(C)C. The summed E-state index contributed by atoms with van der Waals surface area (Å²) in [5, 5.41) is 0.580. The van der Waals surface area contributed by atoms with Crippen LogP contribution >= 0.6 is 0 Å². The number of benzene rings is 2. The highest BCUT2D eigenvalue weighted by Gasteiger charge is 2.33. The number of aryl methyl sites for hydroxylation is 1. The van der Waals surface area contributed by atoms with Crippen LogP contribution in [-0.4, -0.2) is 20.4 Å². The molecule has 1 heterocycles. The first kappa shape index (κ1) is 29.4. The van der Waals surface area contributed by atoms with E-state index >= 15 is 0 Å². The monoisotopic (exact) mass is 553 g/mol. The third kappa shape index (κ3) is 7.02. The Kier molecular flexibility index (Phi) is 8.72. The Balaban J connectivity index is 1.88. The molecule has 2 aromatic carbocycles. The smallest absolute Gasteiger partial charge is 0.416 e. The number of esters is 1. The molecule has 38 heavy (non-hydrogen) atoms. The first-order valence-corrected chi connectivity index (χ1v) is 13.5. The lowest BCUT2D eigenvalue weighted by Crippen LogP contribution is -2.42. The number of sulfonamides is 1. The van der Waals surface area contributed by atoms with E-state index in [0.29, 0.717) is 22.6 Å². The third-order valence-electron chi connectivity index (χ3n) is 5.97. The van der Waals surface area contributed by atoms with Crippen molar-refractivity contribution in [2.45, 2.75) is 70.7 Å². The van der Waals surface area contributed by atoms with E-state index in [4.69, 9.17) is 9.15 Å². The van der Waals surface area contributed by atoms with Gasteiger partial charge in [0.05, 0.1) is 10.5 Å². The molecule has 3 aromatic rings. The summed E-state index contributed by atoms with van der Waals surface area (Å²) < 4.78 is 78.0. The number of rotatable bonds is 9. The summed E-state index contributed by atoms with van der Waals surface area (Å²) in [4.78, 5) is 24.5. The summed E-state index contributed by atoms with van der Waals surface area (Å²) >= 11 is 0. The Bertz CT molecular complexity index is 1490. The van der Waals surface area contributed by atoms with Crippen molar-refractivity contribution < 1.29 is 35.5 Å². The maximum atomic E-state index is 13.1. The molecule has 0 fully saturated rings. The third-order valence-corrected chi connectivity index (χ3v) is 7.44. The zero-order valence-corrected chi connectivity index (χ0v) is 22.5. The summed E-state index contributed by atoms with van der Waals surface area (Å²) in [7, 11) is -4.49. The van der Waals surface area contributed by atoms with Gasteiger partial charge in [-0.15, -0.1) is 0 Å². The van der Waals surface area contributed by atoms with Gasteiger partial charge in [0.25, 0.3) is 0 Å². The predicted molar refractivity (Wildman–Crippen MR) is 136 cm³/mol. The van der Waals surface area contributed by atoms with Gasteiger partial charge in [-0.1, -0.05) is 33.8 Å². The summed E-state index contributed by atoms with van der Waals surface area (Å²) in [6.45, 7) is 9.10. The number of carbonyl (C=O) groups excluding carboxylic acids is 1. The fourth-order valence-electron chi connectivity index (χ4n) is 4.14. The number of hydrogen-bond acceptors (Lipinski definition) is 6. The van der Waals surface area contributed by atoms with Gasteiger partial charge in [0.15, 0.2) is 0 Å². The van der Waals surface area contributed by atoms with Crippen molar-refractivity contribution in [3.63, 3.8) is 0 Å². The zero-order chi connectivity index (χ0) is 28.4. The molecule has 1 unspecified atom stereocenters. The second-order valence-electron chi connectivity index (χ2n) is 9.89. The van der Waals surface area contributed by atoms with Crippen LogP contribution in [0.25, 0.3) is 11.0 Å². The summed E-state index contributed by atoms with van der Waals surface area (Å²) in [6.07, 6.45) is -4.70. The van der Waals surface area contributed by atoms with Gasteiger partial charge in [-0.2, -0.15) is 17.9 Å². The van der Waals surface area contributed by atoms with Crippen LogP contribution in [-0.2, 0) is 32.3 Å². The van der Waals surface area contributed by atoms with Crippen molar-refractivity contribution in [1.82, 2.24) is 4.72 Å². The van der Waals surface area contributed by atoms with Crippen molar-refractivity contribution in [3.8, 4) is 0 Å². The van der Waals surface area contributed by atoms with E-state index in [2.05, 4.69) is 4.72 Å². The van der Waals surface area contributed by atoms with Gasteiger partial charge >= 0.3 is 17.8 Å². The van der Waals surface area contributed by atoms with Crippen LogP contribution in [0.1, 0.15) is 62.3 Å². The van der Waals surface area contributed by atoms with E-state index in [-0.39, 0.29) is 24.9 Å². The standard InChI is InChI=1S/C27H30F3NO6S/c1-15(2)9-23(31-38(34,35)20-8-6-7-19(12-20)27(28,29)30)26(33)36-14-18-11-25(32)37-24-10-17(5)21(16(3)4)13-22(18)24/h6-8,10-13,15-16,23,31H,9,14H2,1-5H3. The lowest BCUT2D eigenvalue weighted by Gasteiger charge is -2.20. The van der Waals surface area contributed by atoms with E-state index in [0.717, 1.165) is 29.3 Å². The number of alkyl halides is 3. The Morgan fingerprint density at radius 1 is 1.08 bits per heavy atom. The summed E-state index contributed by atoms with van der Waals surface area (Å²) in [5.41, 5.74) is 0.902. The average molecular weight is 554 g/mol. The largest absolute Gasteiger partial charge is 0.460 e. The normalized spacial score (nSPS) is 13.3. The molecule has 0 radical (unpaired) electrons. The van der Waals surface area contributed by atoms with Gasteiger partial charge < -0.3 is 9.15 Å². The van der Waals surface area contributed by atoms with Crippen LogP contribution in [0, 0.1) is 12.8 Å². The van der Waals surface area contributed by atoms with E-state index < -0.39 is 44.3 Å². The van der Waals surface area contributed by atoms with Gasteiger partial charge in [0, 0.05) is 17.0 Å². The number of halogens is 3. The van der Waals surface area contributed by atoms with E-state index in [1.807, 2.05) is 26.8 Å². The number of ether oxygens (including phenoxy) is 1. The van der Waals surface area contributed by atoms with Gasteiger partial charge in [0.2, 0.25) is 10.0 Å². The van der Waals surface area contributed by atoms with Crippen molar-refractivity contribution in [1.29, 1.82) is 0 Å². The first-order valence-electron chi connectivity index (χ1n) is 12.0. The van der Waals surface area contributed by atoms with E-state index in [1.54, 1.807) is 19.9 Å². The predicted octanol–water partition coefficient (Wildman–Crippen LogP) is 5.68. The van der Waals surface area contributed by atoms with Crippen LogP contribution in [0.2, 0.25) is 0 Å². The van der Waals surface area contributed by atoms with Gasteiger partial charge in [-0.3, -0.25) is 4.79 Å². The van der Waals surface area contributed by atoms with E-state index in [9.17, 15) is 31.2 Å². The quantitative estimate of drug-likeness (QED) is 0.270. The van der Waals surface area contributed by atoms with Crippen LogP contribution in [0.3, 0.4) is 0 Å². The van der Waals surface area contributed by atoms with Crippen LogP contribution < -0.4 is 10.3 Å². The number of nitrogens with one attached hydrogen (secondary N) is 1. The molecule has 7 nitrogen and oxygen atoms in total. The Hall–Kier alpha value is -3.18. The Labute approximate surface area is 219 Å². The Morgan fingerprint density at radius 3 is 2.37 bits per heavy atom. The molecule has 0 saturated heterocycles. The highest BCUT2D eigenvalue weighted by molar-refractivity contribution is 7.89. The molecule has 0 aliphatic rings. The fourth-order valence-corrected chi connectivity index (χ4v) is 5.38. The average Bonchev–Trinajstić information content (AvgIpc) is 2.80. The van der Waals surface area contributed by atoms with Crippen molar-refractivity contribution >= 4 is 27.0 Å². The second-order valence-corrected chi connectivity index (χ2v) is 11.6. The minimum atomic E-state index is -4.74. The minimum absolute atomic E-state index is 0.0331. The summed E-state index contributed by atoms with van der Waals surface area (Å²) in [6, 6.07) is 6.70. The minimum Gasteiger partial charge on any atom is -0.460 e. The topological polar surface area (TPSA) is 103 Å². The van der Waals surface area contributed by atoms with Gasteiger partial charge in [-0.25, -0.2) is 13.2 Å². The highest BCUT2D eigenvalue weighted by Crippen LogP contribution is 2.31. The molecule has 206 valence electrons. The molecule has 0 saturated carbocycles. The molecular formula is C27H30F3NO6S. The van der Waals surface area contributed by atoms with Crippen molar-refractivity contribution in [3.05, 3.63) is 75.1 Å². The molecule has 0 aliphatic heterocycles. The van der Waals surface area contributed by atoms with Gasteiger partial charge in [0.1, 0.15) is 18.2 Å². The highest BCUT2D eigenvalue weighted by atomic mass is 32.2. The van der Waals surface area contributed by atoms with Crippen molar-refractivity contribution in [2.75, 3.05) is 0 Å². The number of fused-ring (bicyclic) bond motifs is 1. The molecule has 3 rings (SSSR count). The molecule has 11 heteroatoms. The number of carbonyl (C=O) groups is 1. The second kappa shape index (κ2) is 11.3. The molecule has 1 atom stereocenters. The molecule has 0 bridgehead atoms. The maximum Gasteiger partial charge on any atom is 0.416 e. The van der Waals surface area contributed by atoms with Crippen LogP contribution in [0.5, 0.6) is 0 Å². The zero-order valence-electron chi connectivity index (χ0n) is 21.7. The van der Waals surface area contributed by atoms with Crippen LogP contribution in [0.15, 0.2) is 56.6 Å². The maximum absolute atomic E-state index is 13.1. The molecule has 0 spiro atoms. The molecule has 0 aliphatic carbocycles. The first-order chi connectivity index (χ1) is 17.6. The Morgan fingerprint density at radius 2 is 1.76 bits per heavy atom. The van der Waals surface area contributed by atoms with Crippen LogP contribution in [0.4, 0.5) is 13.2 Å². The molecular weight excluding hydrogens is 523 g/mol. The summed E-state index contributed by atoms with van der Waals surface area (Å²) in [5.74, 6) is -0.896. The fraction of sp³-hybridized carbons (Fsp3) is 0.407. The molecule has 1 aromatic heterocycles. The lowest BCUT2D eigenvalue weighted by atomic mass is 9.95. The van der Waals surface area contributed by atoms with Crippen molar-refractivity contribution in [2.24, 2.45) is 5.92 Å². The molecule has 0 amide bonds. The van der Waals surface area contributed by atoms with Gasteiger partial charge in [-0.05, 0) is 66.6 Å². The lowest BCUT2D eigenvalue weighted by molar-refractivity contribution is -0.147. The number of hydrogen-bond donors (Lipinski definition) is 1. The van der Waals surface area contributed by atoms with E-state index in [1.165, 1.54) is 6.07 Å².